The molecule has 1 amide bonds. The normalized spacial score (nSPS) is 10.8. The molecule has 2 aromatic carbocycles. The van der Waals surface area contributed by atoms with Crippen molar-refractivity contribution >= 4 is 22.5 Å². The van der Waals surface area contributed by atoms with Gasteiger partial charge in [0, 0.05) is 25.6 Å². The minimum atomic E-state index is -0.187. The van der Waals surface area contributed by atoms with E-state index >= 15 is 0 Å². The number of nitrogens with zero attached hydrogens (tertiary/aromatic N) is 1. The van der Waals surface area contributed by atoms with Crippen LogP contribution in [0.1, 0.15) is 17.8 Å². The lowest BCUT2D eigenvalue weighted by molar-refractivity contribution is -0.116. The molecule has 0 atom stereocenters. The standard InChI is InChI=1S/C19H19N3O3/c1-25-12-13-5-4-6-14(11-13)20-18(23)10-9-17-21-16-8-3-2-7-15(16)19(24)22-17/h2-8,11H,9-10,12H2,1H3,(H,20,23)(H,21,22,24). The Balaban J connectivity index is 1.64. The molecule has 128 valence electrons. The van der Waals surface area contributed by atoms with Crippen molar-refractivity contribution in [1.29, 1.82) is 0 Å². The van der Waals surface area contributed by atoms with Gasteiger partial charge in [0.15, 0.2) is 0 Å². The van der Waals surface area contributed by atoms with Crippen molar-refractivity contribution in [2.24, 2.45) is 0 Å². The second-order valence-electron chi connectivity index (χ2n) is 5.71. The molecule has 0 aliphatic rings. The van der Waals surface area contributed by atoms with E-state index in [1.165, 1.54) is 0 Å². The highest BCUT2D eigenvalue weighted by atomic mass is 16.5. The summed E-state index contributed by atoms with van der Waals surface area (Å²) in [6.07, 6.45) is 0.597. The molecule has 0 spiro atoms. The maximum Gasteiger partial charge on any atom is 0.258 e. The van der Waals surface area contributed by atoms with E-state index in [2.05, 4.69) is 15.3 Å². The number of hydrogen-bond acceptors (Lipinski definition) is 4. The minimum Gasteiger partial charge on any atom is -0.380 e. The van der Waals surface area contributed by atoms with E-state index in [9.17, 15) is 9.59 Å². The first-order chi connectivity index (χ1) is 12.2. The number of anilines is 1. The molecule has 3 aromatic rings. The first-order valence-corrected chi connectivity index (χ1v) is 8.01. The highest BCUT2D eigenvalue weighted by Crippen LogP contribution is 2.12. The van der Waals surface area contributed by atoms with Gasteiger partial charge in [0.05, 0.1) is 17.5 Å². The van der Waals surface area contributed by atoms with Crippen molar-refractivity contribution in [2.45, 2.75) is 19.4 Å². The van der Waals surface area contributed by atoms with Crippen molar-refractivity contribution in [3.8, 4) is 0 Å². The zero-order valence-corrected chi connectivity index (χ0v) is 13.9. The number of aromatic nitrogens is 2. The van der Waals surface area contributed by atoms with Crippen LogP contribution in [0.3, 0.4) is 0 Å². The fraction of sp³-hybridized carbons (Fsp3) is 0.211. The second-order valence-corrected chi connectivity index (χ2v) is 5.71. The van der Waals surface area contributed by atoms with E-state index < -0.39 is 0 Å². The summed E-state index contributed by atoms with van der Waals surface area (Å²) in [4.78, 5) is 31.3. The number of carbonyl (C=O) groups excluding carboxylic acids is 1. The largest absolute Gasteiger partial charge is 0.380 e. The summed E-state index contributed by atoms with van der Waals surface area (Å²) < 4.78 is 5.08. The van der Waals surface area contributed by atoms with Gasteiger partial charge in [0.1, 0.15) is 5.82 Å². The molecular weight excluding hydrogens is 318 g/mol. The SMILES string of the molecule is COCc1cccc(NC(=O)CCc2nc3ccccc3c(=O)[nH]2)c1. The predicted octanol–water partition coefficient (Wildman–Crippen LogP) is 2.64. The maximum atomic E-state index is 12.1. The van der Waals surface area contributed by atoms with Gasteiger partial charge in [-0.1, -0.05) is 24.3 Å². The van der Waals surface area contributed by atoms with Gasteiger partial charge in [0.25, 0.3) is 5.56 Å². The van der Waals surface area contributed by atoms with Gasteiger partial charge in [0.2, 0.25) is 5.91 Å². The number of benzene rings is 2. The zero-order valence-electron chi connectivity index (χ0n) is 13.9. The molecule has 0 saturated carbocycles. The Hall–Kier alpha value is -2.99. The third kappa shape index (κ3) is 4.30. The van der Waals surface area contributed by atoms with Crippen LogP contribution in [0.4, 0.5) is 5.69 Å². The van der Waals surface area contributed by atoms with Crippen molar-refractivity contribution in [3.63, 3.8) is 0 Å². The zero-order chi connectivity index (χ0) is 17.6. The molecule has 25 heavy (non-hydrogen) atoms. The number of para-hydroxylation sites is 1. The first kappa shape index (κ1) is 16.9. The van der Waals surface area contributed by atoms with Gasteiger partial charge in [-0.3, -0.25) is 9.59 Å². The fourth-order valence-electron chi connectivity index (χ4n) is 2.61. The van der Waals surface area contributed by atoms with Crippen LogP contribution >= 0.6 is 0 Å². The molecule has 0 saturated heterocycles. The molecule has 0 aliphatic carbocycles. The number of hydrogen-bond donors (Lipinski definition) is 2. The number of H-pyrrole nitrogens is 1. The Labute approximate surface area is 144 Å². The number of aryl methyl sites for hydroxylation is 1. The summed E-state index contributed by atoms with van der Waals surface area (Å²) in [6.45, 7) is 0.492. The quantitative estimate of drug-likeness (QED) is 0.724. The highest BCUT2D eigenvalue weighted by molar-refractivity contribution is 5.90. The predicted molar refractivity (Wildman–Crippen MR) is 96.5 cm³/mol. The second kappa shape index (κ2) is 7.72. The third-order valence-corrected chi connectivity index (χ3v) is 3.77. The molecule has 1 heterocycles. The molecule has 0 bridgehead atoms. The average Bonchev–Trinajstić information content (AvgIpc) is 2.61. The summed E-state index contributed by atoms with van der Waals surface area (Å²) in [6, 6.07) is 14.6. The number of rotatable bonds is 6. The van der Waals surface area contributed by atoms with E-state index in [1.807, 2.05) is 30.3 Å². The number of carbonyl (C=O) groups is 1. The highest BCUT2D eigenvalue weighted by Gasteiger charge is 2.07. The van der Waals surface area contributed by atoms with Crippen LogP contribution in [-0.2, 0) is 22.6 Å². The Morgan fingerprint density at radius 2 is 2.04 bits per heavy atom. The summed E-state index contributed by atoms with van der Waals surface area (Å²) in [5.41, 5.74) is 2.16. The molecule has 0 unspecified atom stereocenters. The lowest BCUT2D eigenvalue weighted by atomic mass is 10.2. The Morgan fingerprint density at radius 3 is 2.88 bits per heavy atom. The van der Waals surface area contributed by atoms with Gasteiger partial charge in [-0.05, 0) is 29.8 Å². The molecule has 6 nitrogen and oxygen atoms in total. The maximum absolute atomic E-state index is 12.1. The Kier molecular flexibility index (Phi) is 5.20. The number of nitrogens with one attached hydrogen (secondary N) is 2. The van der Waals surface area contributed by atoms with Crippen LogP contribution in [0.25, 0.3) is 10.9 Å². The molecule has 0 radical (unpaired) electrons. The van der Waals surface area contributed by atoms with Gasteiger partial charge >= 0.3 is 0 Å². The van der Waals surface area contributed by atoms with Crippen LogP contribution in [-0.4, -0.2) is 23.0 Å². The van der Waals surface area contributed by atoms with E-state index in [-0.39, 0.29) is 17.9 Å². The molecular formula is C19H19N3O3. The summed E-state index contributed by atoms with van der Waals surface area (Å²) in [7, 11) is 1.63. The Bertz CT molecular complexity index is 950. The molecule has 6 heteroatoms. The Morgan fingerprint density at radius 1 is 1.20 bits per heavy atom. The first-order valence-electron chi connectivity index (χ1n) is 8.01. The van der Waals surface area contributed by atoms with Gasteiger partial charge in [-0.2, -0.15) is 0 Å². The molecule has 2 N–H and O–H groups in total. The lowest BCUT2D eigenvalue weighted by Gasteiger charge is -2.07. The van der Waals surface area contributed by atoms with Crippen LogP contribution in [0.2, 0.25) is 0 Å². The topological polar surface area (TPSA) is 84.1 Å². The van der Waals surface area contributed by atoms with E-state index in [4.69, 9.17) is 4.74 Å². The van der Waals surface area contributed by atoms with Gasteiger partial charge < -0.3 is 15.0 Å². The van der Waals surface area contributed by atoms with Gasteiger partial charge in [-0.25, -0.2) is 4.98 Å². The van der Waals surface area contributed by atoms with E-state index in [1.54, 1.807) is 25.3 Å². The number of fused-ring (bicyclic) bond motifs is 1. The lowest BCUT2D eigenvalue weighted by Crippen LogP contribution is -2.16. The number of amides is 1. The fourth-order valence-corrected chi connectivity index (χ4v) is 2.61. The van der Waals surface area contributed by atoms with E-state index in [0.717, 1.165) is 11.3 Å². The van der Waals surface area contributed by atoms with Crippen molar-refractivity contribution in [3.05, 3.63) is 70.3 Å². The van der Waals surface area contributed by atoms with Crippen molar-refractivity contribution in [1.82, 2.24) is 9.97 Å². The minimum absolute atomic E-state index is 0.134. The molecule has 0 fully saturated rings. The molecule has 1 aromatic heterocycles. The van der Waals surface area contributed by atoms with Crippen LogP contribution < -0.4 is 10.9 Å². The van der Waals surface area contributed by atoms with Crippen LogP contribution in [0.5, 0.6) is 0 Å². The smallest absolute Gasteiger partial charge is 0.258 e. The monoisotopic (exact) mass is 337 g/mol. The summed E-state index contributed by atoms with van der Waals surface area (Å²) in [5.74, 6) is 0.373. The van der Waals surface area contributed by atoms with E-state index in [0.29, 0.717) is 29.8 Å². The molecule has 0 aliphatic heterocycles. The number of aromatic amines is 1. The summed E-state index contributed by atoms with van der Waals surface area (Å²) in [5, 5.41) is 3.40. The van der Waals surface area contributed by atoms with Gasteiger partial charge in [-0.15, -0.1) is 0 Å². The number of ether oxygens (including phenoxy) is 1. The third-order valence-electron chi connectivity index (χ3n) is 3.77. The van der Waals surface area contributed by atoms with Crippen LogP contribution in [0, 0.1) is 0 Å². The number of methoxy groups -OCH3 is 1. The van der Waals surface area contributed by atoms with Crippen LogP contribution in [0.15, 0.2) is 53.3 Å². The van der Waals surface area contributed by atoms with Crippen molar-refractivity contribution in [2.75, 3.05) is 12.4 Å². The average molecular weight is 337 g/mol. The summed E-state index contributed by atoms with van der Waals surface area (Å²) >= 11 is 0. The van der Waals surface area contributed by atoms with Crippen molar-refractivity contribution < 1.29 is 9.53 Å². The molecule has 3 rings (SSSR count).